The first-order valence-corrected chi connectivity index (χ1v) is 7.39. The Kier molecular flexibility index (Phi) is 3.92. The molecule has 0 saturated carbocycles. The molecule has 4 heteroatoms. The lowest BCUT2D eigenvalue weighted by atomic mass is 9.92. The third-order valence-corrected chi connectivity index (χ3v) is 4.51. The Morgan fingerprint density at radius 3 is 1.95 bits per heavy atom. The van der Waals surface area contributed by atoms with Crippen molar-refractivity contribution in [3.63, 3.8) is 0 Å². The van der Waals surface area contributed by atoms with Crippen LogP contribution in [0.1, 0.15) is 16.7 Å². The summed E-state index contributed by atoms with van der Waals surface area (Å²) >= 11 is 6.78. The molecule has 2 rings (SSSR count). The van der Waals surface area contributed by atoms with Crippen LogP contribution in [0.3, 0.4) is 0 Å². The van der Waals surface area contributed by atoms with E-state index in [1.807, 2.05) is 26.8 Å². The van der Waals surface area contributed by atoms with Crippen LogP contribution in [0.2, 0.25) is 0 Å². The summed E-state index contributed by atoms with van der Waals surface area (Å²) in [5.74, 6) is 0.307. The molecule has 2 aromatic carbocycles. The van der Waals surface area contributed by atoms with E-state index in [1.165, 1.54) is 0 Å². The third kappa shape index (κ3) is 2.51. The molecule has 0 bridgehead atoms. The first-order valence-electron chi connectivity index (χ1n) is 5.81. The van der Waals surface area contributed by atoms with Gasteiger partial charge in [-0.05, 0) is 71.6 Å². The number of rotatable bonds is 1. The molecule has 0 radical (unpaired) electrons. The number of benzene rings is 2. The standard InChI is InChI=1S/C15H14Br2O2/c1-7-4-12(18)14(9(3)8(7)2)15-11(17)5-10(16)6-13(15)19/h4-6,18-19H,1-3H3. The third-order valence-electron chi connectivity index (χ3n) is 3.42. The summed E-state index contributed by atoms with van der Waals surface area (Å²) in [5.41, 5.74) is 4.39. The predicted molar refractivity (Wildman–Crippen MR) is 84.8 cm³/mol. The van der Waals surface area contributed by atoms with Gasteiger partial charge in [0, 0.05) is 20.1 Å². The maximum absolute atomic E-state index is 10.2. The van der Waals surface area contributed by atoms with Crippen LogP contribution >= 0.6 is 31.9 Å². The topological polar surface area (TPSA) is 40.5 Å². The van der Waals surface area contributed by atoms with E-state index in [0.29, 0.717) is 11.1 Å². The molecular formula is C15H14Br2O2. The fourth-order valence-corrected chi connectivity index (χ4v) is 3.58. The van der Waals surface area contributed by atoms with E-state index in [2.05, 4.69) is 31.9 Å². The summed E-state index contributed by atoms with van der Waals surface area (Å²) in [6.07, 6.45) is 0. The van der Waals surface area contributed by atoms with Gasteiger partial charge in [0.05, 0.1) is 0 Å². The summed E-state index contributed by atoms with van der Waals surface area (Å²) in [6, 6.07) is 5.20. The van der Waals surface area contributed by atoms with Crippen molar-refractivity contribution in [2.45, 2.75) is 20.8 Å². The first kappa shape index (κ1) is 14.4. The van der Waals surface area contributed by atoms with E-state index < -0.39 is 0 Å². The molecule has 2 N–H and O–H groups in total. The number of hydrogen-bond acceptors (Lipinski definition) is 2. The number of halogens is 2. The summed E-state index contributed by atoms with van der Waals surface area (Å²) in [7, 11) is 0. The molecule has 0 aromatic heterocycles. The van der Waals surface area contributed by atoms with Gasteiger partial charge in [-0.3, -0.25) is 0 Å². The van der Waals surface area contributed by atoms with Crippen molar-refractivity contribution in [1.82, 2.24) is 0 Å². The van der Waals surface area contributed by atoms with E-state index in [-0.39, 0.29) is 11.5 Å². The summed E-state index contributed by atoms with van der Waals surface area (Å²) in [5, 5.41) is 20.4. The van der Waals surface area contributed by atoms with E-state index in [4.69, 9.17) is 0 Å². The number of aromatic hydroxyl groups is 2. The Hall–Kier alpha value is -1.000. The van der Waals surface area contributed by atoms with Gasteiger partial charge in [0.2, 0.25) is 0 Å². The number of aryl methyl sites for hydroxylation is 1. The second-order valence-corrected chi connectivity index (χ2v) is 6.39. The van der Waals surface area contributed by atoms with Gasteiger partial charge in [0.25, 0.3) is 0 Å². The second kappa shape index (κ2) is 5.17. The minimum atomic E-state index is 0.128. The first-order chi connectivity index (χ1) is 8.82. The normalized spacial score (nSPS) is 10.8. The van der Waals surface area contributed by atoms with Gasteiger partial charge in [0.1, 0.15) is 11.5 Å². The van der Waals surface area contributed by atoms with E-state index in [0.717, 1.165) is 25.6 Å². The Balaban J connectivity index is 2.84. The van der Waals surface area contributed by atoms with Gasteiger partial charge in [-0.25, -0.2) is 0 Å². The highest BCUT2D eigenvalue weighted by Crippen LogP contribution is 2.45. The highest BCUT2D eigenvalue weighted by atomic mass is 79.9. The number of hydrogen-bond donors (Lipinski definition) is 2. The molecule has 0 saturated heterocycles. The van der Waals surface area contributed by atoms with Crippen LogP contribution in [0.15, 0.2) is 27.1 Å². The largest absolute Gasteiger partial charge is 0.507 e. The molecule has 0 unspecified atom stereocenters. The Labute approximate surface area is 129 Å². The van der Waals surface area contributed by atoms with Crippen LogP contribution in [0, 0.1) is 20.8 Å². The molecule has 0 spiro atoms. The molecule has 0 heterocycles. The van der Waals surface area contributed by atoms with Gasteiger partial charge < -0.3 is 10.2 Å². The van der Waals surface area contributed by atoms with E-state index >= 15 is 0 Å². The average Bonchev–Trinajstić information content (AvgIpc) is 2.29. The molecule has 0 fully saturated rings. The smallest absolute Gasteiger partial charge is 0.125 e. The highest BCUT2D eigenvalue weighted by molar-refractivity contribution is 9.11. The molecule has 0 aliphatic rings. The maximum atomic E-state index is 10.2. The van der Waals surface area contributed by atoms with Gasteiger partial charge in [-0.1, -0.05) is 15.9 Å². The van der Waals surface area contributed by atoms with Crippen LogP contribution in [-0.4, -0.2) is 10.2 Å². The lowest BCUT2D eigenvalue weighted by molar-refractivity contribution is 0.468. The zero-order valence-corrected chi connectivity index (χ0v) is 14.1. The lowest BCUT2D eigenvalue weighted by Gasteiger charge is -2.16. The maximum Gasteiger partial charge on any atom is 0.125 e. The molecule has 0 atom stereocenters. The fraction of sp³-hybridized carbons (Fsp3) is 0.200. The van der Waals surface area contributed by atoms with Gasteiger partial charge >= 0.3 is 0 Å². The number of phenols is 2. The molecular weight excluding hydrogens is 372 g/mol. The van der Waals surface area contributed by atoms with Crippen molar-refractivity contribution in [1.29, 1.82) is 0 Å². The molecule has 100 valence electrons. The van der Waals surface area contributed by atoms with Crippen LogP contribution in [0.5, 0.6) is 11.5 Å². The quantitative estimate of drug-likeness (QED) is 0.706. The van der Waals surface area contributed by atoms with E-state index in [1.54, 1.807) is 12.1 Å². The monoisotopic (exact) mass is 384 g/mol. The van der Waals surface area contributed by atoms with Gasteiger partial charge in [0.15, 0.2) is 0 Å². The minimum Gasteiger partial charge on any atom is -0.507 e. The molecule has 0 aliphatic heterocycles. The summed E-state index contributed by atoms with van der Waals surface area (Å²) in [6.45, 7) is 5.92. The predicted octanol–water partition coefficient (Wildman–Crippen LogP) is 5.22. The lowest BCUT2D eigenvalue weighted by Crippen LogP contribution is -1.93. The van der Waals surface area contributed by atoms with Crippen LogP contribution in [0.4, 0.5) is 0 Å². The zero-order chi connectivity index (χ0) is 14.3. The molecule has 0 aliphatic carbocycles. The fourth-order valence-electron chi connectivity index (χ4n) is 2.18. The van der Waals surface area contributed by atoms with Crippen LogP contribution in [0.25, 0.3) is 11.1 Å². The van der Waals surface area contributed by atoms with Crippen molar-refractivity contribution in [3.8, 4) is 22.6 Å². The van der Waals surface area contributed by atoms with Crippen molar-refractivity contribution < 1.29 is 10.2 Å². The Morgan fingerprint density at radius 1 is 0.789 bits per heavy atom. The Morgan fingerprint density at radius 2 is 1.37 bits per heavy atom. The molecule has 19 heavy (non-hydrogen) atoms. The SMILES string of the molecule is Cc1cc(O)c(-c2c(O)cc(Br)cc2Br)c(C)c1C. The van der Waals surface area contributed by atoms with Gasteiger partial charge in [-0.15, -0.1) is 0 Å². The van der Waals surface area contributed by atoms with Crippen molar-refractivity contribution in [2.24, 2.45) is 0 Å². The minimum absolute atomic E-state index is 0.128. The van der Waals surface area contributed by atoms with Gasteiger partial charge in [-0.2, -0.15) is 0 Å². The van der Waals surface area contributed by atoms with E-state index in [9.17, 15) is 10.2 Å². The van der Waals surface area contributed by atoms with Crippen LogP contribution in [-0.2, 0) is 0 Å². The second-order valence-electron chi connectivity index (χ2n) is 4.62. The number of phenolic OH excluding ortho intramolecular Hbond substituents is 2. The molecule has 0 amide bonds. The van der Waals surface area contributed by atoms with Crippen molar-refractivity contribution >= 4 is 31.9 Å². The van der Waals surface area contributed by atoms with Crippen molar-refractivity contribution in [3.05, 3.63) is 43.8 Å². The van der Waals surface area contributed by atoms with Crippen LogP contribution < -0.4 is 0 Å². The zero-order valence-electron chi connectivity index (χ0n) is 10.9. The molecule has 2 aromatic rings. The molecule has 2 nitrogen and oxygen atoms in total. The van der Waals surface area contributed by atoms with Crippen molar-refractivity contribution in [2.75, 3.05) is 0 Å². The average molecular weight is 386 g/mol. The summed E-state index contributed by atoms with van der Waals surface area (Å²) < 4.78 is 1.52. The Bertz CT molecular complexity index is 641. The highest BCUT2D eigenvalue weighted by Gasteiger charge is 2.18. The summed E-state index contributed by atoms with van der Waals surface area (Å²) in [4.78, 5) is 0.